The van der Waals surface area contributed by atoms with Gasteiger partial charge in [0.05, 0.1) is 6.61 Å². The molecule has 0 spiro atoms. The standard InChI is InChI=1S/C20H23NO6/c22-11-16-17(23)18(24)19(25)20(27-16)26-14-7-5-13(6-8-14)21-10-9-12-3-1-2-4-15(12)21/h1-8,16-20,22-25H,9-11H2/t16?,17-,18?,19-,20+/m1/s1. The van der Waals surface area contributed by atoms with Gasteiger partial charge in [-0.05, 0) is 42.3 Å². The van der Waals surface area contributed by atoms with Crippen LogP contribution in [-0.4, -0.2) is 64.3 Å². The molecule has 144 valence electrons. The molecule has 0 saturated carbocycles. The molecule has 4 N–H and O–H groups in total. The molecule has 2 aromatic rings. The molecule has 7 nitrogen and oxygen atoms in total. The van der Waals surface area contributed by atoms with E-state index in [1.165, 1.54) is 11.3 Å². The smallest absolute Gasteiger partial charge is 0.229 e. The Labute approximate surface area is 157 Å². The van der Waals surface area contributed by atoms with Crippen molar-refractivity contribution < 1.29 is 29.9 Å². The van der Waals surface area contributed by atoms with Gasteiger partial charge in [-0.15, -0.1) is 0 Å². The lowest BCUT2D eigenvalue weighted by Crippen LogP contribution is -2.60. The monoisotopic (exact) mass is 373 g/mol. The van der Waals surface area contributed by atoms with Crippen LogP contribution >= 0.6 is 0 Å². The molecule has 1 saturated heterocycles. The van der Waals surface area contributed by atoms with Crippen molar-refractivity contribution in [3.05, 3.63) is 54.1 Å². The molecule has 5 atom stereocenters. The van der Waals surface area contributed by atoms with Crippen LogP contribution in [0.4, 0.5) is 11.4 Å². The second-order valence-corrected chi connectivity index (χ2v) is 6.84. The number of fused-ring (bicyclic) bond motifs is 1. The summed E-state index contributed by atoms with van der Waals surface area (Å²) in [5.74, 6) is 0.454. The summed E-state index contributed by atoms with van der Waals surface area (Å²) < 4.78 is 11.0. The molecule has 2 heterocycles. The van der Waals surface area contributed by atoms with Gasteiger partial charge in [-0.25, -0.2) is 0 Å². The fraction of sp³-hybridized carbons (Fsp3) is 0.400. The minimum atomic E-state index is -1.46. The highest BCUT2D eigenvalue weighted by Crippen LogP contribution is 2.35. The van der Waals surface area contributed by atoms with Gasteiger partial charge in [0, 0.05) is 17.9 Å². The van der Waals surface area contributed by atoms with Crippen LogP contribution in [0.15, 0.2) is 48.5 Å². The first kappa shape index (κ1) is 18.2. The van der Waals surface area contributed by atoms with Crippen LogP contribution < -0.4 is 9.64 Å². The van der Waals surface area contributed by atoms with Crippen LogP contribution in [-0.2, 0) is 11.2 Å². The molecule has 2 unspecified atom stereocenters. The fourth-order valence-electron chi connectivity index (χ4n) is 3.61. The zero-order chi connectivity index (χ0) is 19.0. The Kier molecular flexibility index (Phi) is 5.03. The van der Waals surface area contributed by atoms with E-state index in [9.17, 15) is 20.4 Å². The molecule has 2 aliphatic heterocycles. The van der Waals surface area contributed by atoms with Crippen LogP contribution in [0.25, 0.3) is 0 Å². The molecule has 0 bridgehead atoms. The first-order valence-corrected chi connectivity index (χ1v) is 9.01. The number of aliphatic hydroxyl groups is 4. The Balaban J connectivity index is 1.47. The van der Waals surface area contributed by atoms with E-state index >= 15 is 0 Å². The summed E-state index contributed by atoms with van der Waals surface area (Å²) in [5, 5.41) is 39.0. The molecular formula is C20H23NO6. The van der Waals surface area contributed by atoms with Crippen LogP contribution in [0.1, 0.15) is 5.56 Å². The van der Waals surface area contributed by atoms with E-state index < -0.39 is 37.3 Å². The normalized spacial score (nSPS) is 30.2. The zero-order valence-corrected chi connectivity index (χ0v) is 14.7. The quantitative estimate of drug-likeness (QED) is 0.621. The van der Waals surface area contributed by atoms with Gasteiger partial charge in [-0.2, -0.15) is 0 Å². The molecule has 0 radical (unpaired) electrons. The molecule has 0 aromatic heterocycles. The van der Waals surface area contributed by atoms with Crippen molar-refractivity contribution in [3.8, 4) is 5.75 Å². The number of nitrogens with zero attached hydrogens (tertiary/aromatic N) is 1. The van der Waals surface area contributed by atoms with E-state index in [0.717, 1.165) is 18.7 Å². The molecule has 1 fully saturated rings. The third-order valence-corrected chi connectivity index (χ3v) is 5.14. The Morgan fingerprint density at radius 3 is 2.44 bits per heavy atom. The van der Waals surface area contributed by atoms with Gasteiger partial charge >= 0.3 is 0 Å². The summed E-state index contributed by atoms with van der Waals surface area (Å²) in [6.45, 7) is 0.421. The van der Waals surface area contributed by atoms with Gasteiger partial charge in [-0.1, -0.05) is 18.2 Å². The number of anilines is 2. The first-order valence-electron chi connectivity index (χ1n) is 9.01. The lowest BCUT2D eigenvalue weighted by atomic mass is 9.99. The molecule has 2 aromatic carbocycles. The summed E-state index contributed by atoms with van der Waals surface area (Å²) in [7, 11) is 0. The van der Waals surface area contributed by atoms with E-state index in [-0.39, 0.29) is 0 Å². The predicted octanol–water partition coefficient (Wildman–Crippen LogP) is 0.559. The van der Waals surface area contributed by atoms with Crippen molar-refractivity contribution >= 4 is 11.4 Å². The first-order chi connectivity index (χ1) is 13.1. The highest BCUT2D eigenvalue weighted by Gasteiger charge is 2.44. The summed E-state index contributed by atoms with van der Waals surface area (Å²) in [6, 6.07) is 15.7. The number of hydrogen-bond donors (Lipinski definition) is 4. The van der Waals surface area contributed by atoms with Gasteiger partial charge in [0.15, 0.2) is 0 Å². The summed E-state index contributed by atoms with van der Waals surface area (Å²) >= 11 is 0. The van der Waals surface area contributed by atoms with Gasteiger partial charge in [0.2, 0.25) is 6.29 Å². The Bertz CT molecular complexity index is 780. The minimum Gasteiger partial charge on any atom is -0.462 e. The predicted molar refractivity (Wildman–Crippen MR) is 98.0 cm³/mol. The van der Waals surface area contributed by atoms with Crippen molar-refractivity contribution in [2.45, 2.75) is 37.1 Å². The van der Waals surface area contributed by atoms with Crippen LogP contribution in [0.2, 0.25) is 0 Å². The Hall–Kier alpha value is -2.16. The lowest BCUT2D eigenvalue weighted by molar-refractivity contribution is -0.277. The van der Waals surface area contributed by atoms with Crippen LogP contribution in [0, 0.1) is 0 Å². The maximum atomic E-state index is 10.1. The second kappa shape index (κ2) is 7.46. The van der Waals surface area contributed by atoms with E-state index in [1.54, 1.807) is 12.1 Å². The second-order valence-electron chi connectivity index (χ2n) is 6.84. The third-order valence-electron chi connectivity index (χ3n) is 5.14. The van der Waals surface area contributed by atoms with Crippen molar-refractivity contribution in [1.82, 2.24) is 0 Å². The molecular weight excluding hydrogens is 350 g/mol. The number of aliphatic hydroxyl groups excluding tert-OH is 4. The summed E-state index contributed by atoms with van der Waals surface area (Å²) in [5.41, 5.74) is 3.54. The number of benzene rings is 2. The SMILES string of the molecule is OCC1O[C@H](Oc2ccc(N3CCc4ccccc43)cc2)[C@H](O)C(O)[C@@H]1O. The van der Waals surface area contributed by atoms with Crippen LogP contribution in [0.5, 0.6) is 5.75 Å². The minimum absolute atomic E-state index is 0.454. The van der Waals surface area contributed by atoms with Crippen molar-refractivity contribution in [2.24, 2.45) is 0 Å². The topological polar surface area (TPSA) is 103 Å². The highest BCUT2D eigenvalue weighted by atomic mass is 16.7. The molecule has 4 rings (SSSR count). The summed E-state index contributed by atoms with van der Waals surface area (Å²) in [6.07, 6.45) is -5.45. The van der Waals surface area contributed by atoms with Gasteiger partial charge in [0.1, 0.15) is 30.2 Å². The molecule has 7 heteroatoms. The number of hydrogen-bond acceptors (Lipinski definition) is 7. The number of rotatable bonds is 4. The van der Waals surface area contributed by atoms with E-state index in [0.29, 0.717) is 5.75 Å². The molecule has 0 aliphatic carbocycles. The van der Waals surface area contributed by atoms with Gasteiger partial charge < -0.3 is 34.8 Å². The third kappa shape index (κ3) is 3.40. The zero-order valence-electron chi connectivity index (χ0n) is 14.7. The average Bonchev–Trinajstić information content (AvgIpc) is 3.13. The number of para-hydroxylation sites is 1. The largest absolute Gasteiger partial charge is 0.462 e. The van der Waals surface area contributed by atoms with Crippen molar-refractivity contribution in [1.29, 1.82) is 0 Å². The lowest BCUT2D eigenvalue weighted by Gasteiger charge is -2.39. The maximum Gasteiger partial charge on any atom is 0.229 e. The van der Waals surface area contributed by atoms with Crippen molar-refractivity contribution in [3.63, 3.8) is 0 Å². The molecule has 0 amide bonds. The summed E-state index contributed by atoms with van der Waals surface area (Å²) in [4.78, 5) is 2.23. The molecule has 2 aliphatic rings. The van der Waals surface area contributed by atoms with E-state index in [1.807, 2.05) is 24.3 Å². The Morgan fingerprint density at radius 2 is 1.70 bits per heavy atom. The fourth-order valence-corrected chi connectivity index (χ4v) is 3.61. The van der Waals surface area contributed by atoms with Gasteiger partial charge in [-0.3, -0.25) is 0 Å². The maximum absolute atomic E-state index is 10.1. The van der Waals surface area contributed by atoms with E-state index in [2.05, 4.69) is 17.0 Å². The molecule has 27 heavy (non-hydrogen) atoms. The van der Waals surface area contributed by atoms with Crippen LogP contribution in [0.3, 0.4) is 0 Å². The highest BCUT2D eigenvalue weighted by molar-refractivity contribution is 5.70. The Morgan fingerprint density at radius 1 is 0.963 bits per heavy atom. The van der Waals surface area contributed by atoms with Crippen molar-refractivity contribution in [2.75, 3.05) is 18.1 Å². The number of ether oxygens (including phenoxy) is 2. The van der Waals surface area contributed by atoms with E-state index in [4.69, 9.17) is 9.47 Å². The van der Waals surface area contributed by atoms with Gasteiger partial charge in [0.25, 0.3) is 0 Å². The average molecular weight is 373 g/mol.